The molecule has 0 aliphatic carbocycles. The molecule has 104 valence electrons. The fraction of sp³-hybridized carbons (Fsp3) is 0.571. The molecule has 0 aliphatic heterocycles. The molecule has 0 fully saturated rings. The summed E-state index contributed by atoms with van der Waals surface area (Å²) in [5.74, 6) is 1.73. The summed E-state index contributed by atoms with van der Waals surface area (Å²) in [5, 5.41) is 1.20. The van der Waals surface area contributed by atoms with Crippen LogP contribution >= 0.6 is 22.9 Å². The fourth-order valence-electron chi connectivity index (χ4n) is 2.22. The van der Waals surface area contributed by atoms with Crippen LogP contribution in [0.15, 0.2) is 6.33 Å². The molecule has 19 heavy (non-hydrogen) atoms. The molecule has 2 aromatic heterocycles. The highest BCUT2D eigenvalue weighted by Crippen LogP contribution is 2.34. The van der Waals surface area contributed by atoms with Crippen molar-refractivity contribution in [1.82, 2.24) is 9.97 Å². The minimum Gasteiger partial charge on any atom is -0.353 e. The van der Waals surface area contributed by atoms with Crippen LogP contribution in [0.4, 0.5) is 5.82 Å². The third-order valence-electron chi connectivity index (χ3n) is 3.37. The predicted octanol–water partition coefficient (Wildman–Crippen LogP) is 4.15. The van der Waals surface area contributed by atoms with Gasteiger partial charge in [-0.3, -0.25) is 0 Å². The molecule has 2 rings (SSSR count). The average molecular weight is 298 g/mol. The minimum atomic E-state index is 0.404. The van der Waals surface area contributed by atoms with Crippen molar-refractivity contribution in [1.29, 1.82) is 0 Å². The van der Waals surface area contributed by atoms with Crippen LogP contribution in [0.3, 0.4) is 0 Å². The summed E-state index contributed by atoms with van der Waals surface area (Å²) in [7, 11) is 0. The third kappa shape index (κ3) is 2.84. The van der Waals surface area contributed by atoms with Crippen molar-refractivity contribution in [3.8, 4) is 0 Å². The van der Waals surface area contributed by atoms with Crippen molar-refractivity contribution in [2.24, 2.45) is 0 Å². The van der Waals surface area contributed by atoms with Gasteiger partial charge < -0.3 is 4.90 Å². The highest BCUT2D eigenvalue weighted by Gasteiger charge is 2.18. The SMILES string of the molecule is Cc1sc2ncnc(N(CCCCl)C(C)C)c2c1C. The molecular weight excluding hydrogens is 278 g/mol. The van der Waals surface area contributed by atoms with E-state index >= 15 is 0 Å². The maximum absolute atomic E-state index is 5.83. The normalized spacial score (nSPS) is 11.5. The Morgan fingerprint density at radius 2 is 2.05 bits per heavy atom. The lowest BCUT2D eigenvalue weighted by Crippen LogP contribution is -2.33. The number of rotatable bonds is 5. The van der Waals surface area contributed by atoms with E-state index in [0.29, 0.717) is 11.9 Å². The van der Waals surface area contributed by atoms with Crippen molar-refractivity contribution in [3.05, 3.63) is 16.8 Å². The number of aryl methyl sites for hydroxylation is 2. The third-order valence-corrected chi connectivity index (χ3v) is 4.76. The van der Waals surface area contributed by atoms with Gasteiger partial charge in [-0.2, -0.15) is 0 Å². The number of fused-ring (bicyclic) bond motifs is 1. The summed E-state index contributed by atoms with van der Waals surface area (Å²) < 4.78 is 0. The van der Waals surface area contributed by atoms with Crippen molar-refractivity contribution < 1.29 is 0 Å². The van der Waals surface area contributed by atoms with Gasteiger partial charge in [0, 0.05) is 23.3 Å². The van der Waals surface area contributed by atoms with E-state index in [9.17, 15) is 0 Å². The van der Waals surface area contributed by atoms with Crippen molar-refractivity contribution in [2.45, 2.75) is 40.2 Å². The van der Waals surface area contributed by atoms with Gasteiger partial charge in [0.15, 0.2) is 0 Å². The first kappa shape index (κ1) is 14.5. The van der Waals surface area contributed by atoms with Gasteiger partial charge >= 0.3 is 0 Å². The van der Waals surface area contributed by atoms with Crippen molar-refractivity contribution >= 4 is 39.0 Å². The average Bonchev–Trinajstić information content (AvgIpc) is 2.66. The second-order valence-electron chi connectivity index (χ2n) is 4.99. The Morgan fingerprint density at radius 1 is 1.32 bits per heavy atom. The molecule has 0 N–H and O–H groups in total. The molecule has 0 saturated heterocycles. The van der Waals surface area contributed by atoms with Gasteiger partial charge in [-0.05, 0) is 39.7 Å². The molecule has 3 nitrogen and oxygen atoms in total. The van der Waals surface area contributed by atoms with E-state index in [-0.39, 0.29) is 0 Å². The second kappa shape index (κ2) is 6.06. The number of alkyl halides is 1. The van der Waals surface area contributed by atoms with Gasteiger partial charge in [0.2, 0.25) is 0 Å². The number of anilines is 1. The zero-order valence-electron chi connectivity index (χ0n) is 11.9. The van der Waals surface area contributed by atoms with E-state index in [1.54, 1.807) is 17.7 Å². The maximum Gasteiger partial charge on any atom is 0.141 e. The Labute approximate surface area is 123 Å². The van der Waals surface area contributed by atoms with E-state index in [2.05, 4.69) is 42.6 Å². The Bertz CT molecular complexity index is 565. The molecule has 2 aromatic rings. The van der Waals surface area contributed by atoms with Crippen LogP contribution < -0.4 is 4.90 Å². The second-order valence-corrected chi connectivity index (χ2v) is 6.57. The molecule has 0 radical (unpaired) electrons. The van der Waals surface area contributed by atoms with Crippen molar-refractivity contribution in [3.63, 3.8) is 0 Å². The quantitative estimate of drug-likeness (QED) is 0.776. The Morgan fingerprint density at radius 3 is 2.68 bits per heavy atom. The fourth-order valence-corrected chi connectivity index (χ4v) is 3.33. The number of aromatic nitrogens is 2. The van der Waals surface area contributed by atoms with Crippen LogP contribution in [0.2, 0.25) is 0 Å². The van der Waals surface area contributed by atoms with E-state index < -0.39 is 0 Å². The van der Waals surface area contributed by atoms with E-state index in [1.165, 1.54) is 15.8 Å². The molecular formula is C14H20ClN3S. The lowest BCUT2D eigenvalue weighted by atomic mass is 10.2. The Balaban J connectivity index is 2.52. The lowest BCUT2D eigenvalue weighted by molar-refractivity contribution is 0.665. The lowest BCUT2D eigenvalue weighted by Gasteiger charge is -2.28. The van der Waals surface area contributed by atoms with Crippen LogP contribution in [0.5, 0.6) is 0 Å². The zero-order chi connectivity index (χ0) is 14.0. The number of hydrogen-bond acceptors (Lipinski definition) is 4. The van der Waals surface area contributed by atoms with Gasteiger partial charge in [-0.25, -0.2) is 9.97 Å². The topological polar surface area (TPSA) is 29.0 Å². The predicted molar refractivity (Wildman–Crippen MR) is 84.7 cm³/mol. The van der Waals surface area contributed by atoms with Gasteiger partial charge in [0.1, 0.15) is 17.0 Å². The molecule has 0 saturated carbocycles. The van der Waals surface area contributed by atoms with Gasteiger partial charge in [0.25, 0.3) is 0 Å². The molecule has 0 bridgehead atoms. The molecule has 0 aliphatic rings. The highest BCUT2D eigenvalue weighted by atomic mass is 35.5. The summed E-state index contributed by atoms with van der Waals surface area (Å²) in [5.41, 5.74) is 1.30. The number of nitrogens with zero attached hydrogens (tertiary/aromatic N) is 3. The molecule has 5 heteroatoms. The monoisotopic (exact) mass is 297 g/mol. The highest BCUT2D eigenvalue weighted by molar-refractivity contribution is 7.18. The van der Waals surface area contributed by atoms with Crippen LogP contribution in [0, 0.1) is 13.8 Å². The first-order valence-electron chi connectivity index (χ1n) is 6.59. The number of thiophene rings is 1. The van der Waals surface area contributed by atoms with Gasteiger partial charge in [0.05, 0.1) is 5.39 Å². The molecule has 2 heterocycles. The summed E-state index contributed by atoms with van der Waals surface area (Å²) in [4.78, 5) is 13.7. The summed E-state index contributed by atoms with van der Waals surface area (Å²) in [6.07, 6.45) is 2.64. The summed E-state index contributed by atoms with van der Waals surface area (Å²) in [6, 6.07) is 0.404. The zero-order valence-corrected chi connectivity index (χ0v) is 13.5. The largest absolute Gasteiger partial charge is 0.353 e. The molecule has 0 unspecified atom stereocenters. The van der Waals surface area contributed by atoms with E-state index in [0.717, 1.165) is 23.6 Å². The van der Waals surface area contributed by atoms with Gasteiger partial charge in [-0.1, -0.05) is 0 Å². The van der Waals surface area contributed by atoms with Crippen molar-refractivity contribution in [2.75, 3.05) is 17.3 Å². The van der Waals surface area contributed by atoms with Crippen LogP contribution in [0.1, 0.15) is 30.7 Å². The first-order valence-corrected chi connectivity index (χ1v) is 7.94. The molecule has 0 aromatic carbocycles. The summed E-state index contributed by atoms with van der Waals surface area (Å²) in [6.45, 7) is 9.61. The van der Waals surface area contributed by atoms with E-state index in [4.69, 9.17) is 11.6 Å². The Kier molecular flexibility index (Phi) is 4.63. The maximum atomic E-state index is 5.83. The number of halogens is 1. The van der Waals surface area contributed by atoms with Crippen LogP contribution in [-0.4, -0.2) is 28.4 Å². The number of hydrogen-bond donors (Lipinski definition) is 0. The minimum absolute atomic E-state index is 0.404. The smallest absolute Gasteiger partial charge is 0.141 e. The van der Waals surface area contributed by atoms with Gasteiger partial charge in [-0.15, -0.1) is 22.9 Å². The first-order chi connectivity index (χ1) is 9.06. The summed E-state index contributed by atoms with van der Waals surface area (Å²) >= 11 is 7.58. The molecule has 0 spiro atoms. The Hall–Kier alpha value is -0.870. The standard InChI is InChI=1S/C14H20ClN3S/c1-9(2)18(7-5-6-15)13-12-10(3)11(4)19-14(12)17-8-16-13/h8-9H,5-7H2,1-4H3. The molecule has 0 amide bonds. The van der Waals surface area contributed by atoms with Crippen LogP contribution in [-0.2, 0) is 0 Å². The van der Waals surface area contributed by atoms with E-state index in [1.807, 2.05) is 0 Å². The van der Waals surface area contributed by atoms with Crippen LogP contribution in [0.25, 0.3) is 10.2 Å². The molecule has 0 atom stereocenters.